The molecule has 1 aliphatic rings. The number of unbranched alkanes of at least 4 members (excludes halogenated alkanes) is 6. The van der Waals surface area contributed by atoms with E-state index in [2.05, 4.69) is 60.1 Å². The summed E-state index contributed by atoms with van der Waals surface area (Å²) in [6, 6.07) is -8.61. The number of carbonyl (C=O) groups excluding carboxylic acids is 16. The fourth-order valence-corrected chi connectivity index (χ4v) is 11.2. The van der Waals surface area contributed by atoms with E-state index in [1.54, 1.807) is 30.3 Å². The second-order valence-electron chi connectivity index (χ2n) is 26.7. The number of anilines is 1. The number of cyclic esters (lactones) is 1. The predicted octanol–water partition coefficient (Wildman–Crippen LogP) is -5.71. The fourth-order valence-electron chi connectivity index (χ4n) is 11.2. The molecule has 0 radical (unpaired) electrons. The maximum atomic E-state index is 14.8. The quantitative estimate of drug-likeness (QED) is 0.0131. The third kappa shape index (κ3) is 35.1. The van der Waals surface area contributed by atoms with Gasteiger partial charge in [-0.15, -0.1) is 0 Å². The second kappa shape index (κ2) is 49.1. The Labute approximate surface area is 647 Å². The highest BCUT2D eigenvalue weighted by molar-refractivity contribution is 6.05. The molecule has 1 aliphatic heterocycles. The van der Waals surface area contributed by atoms with Crippen molar-refractivity contribution in [3.05, 3.63) is 65.7 Å². The van der Waals surface area contributed by atoms with Crippen molar-refractivity contribution < 1.29 is 126 Å². The average molecular weight is 1600 g/mol. The molecule has 13 atom stereocenters. The van der Waals surface area contributed by atoms with Gasteiger partial charge in [-0.3, -0.25) is 91.1 Å². The number of ketones is 1. The molecule has 42 heteroatoms. The molecule has 0 saturated carbocycles. The third-order valence-corrected chi connectivity index (χ3v) is 17.3. The molecule has 2 aromatic carbocycles. The van der Waals surface area contributed by atoms with Gasteiger partial charge in [-0.05, 0) is 76.1 Å². The van der Waals surface area contributed by atoms with Gasteiger partial charge in [-0.1, -0.05) is 94.8 Å². The van der Waals surface area contributed by atoms with E-state index >= 15 is 0 Å². The van der Waals surface area contributed by atoms with Crippen LogP contribution in [0.15, 0.2) is 54.6 Å². The number of hydrogen-bond donors (Lipinski definition) is 21. The zero-order chi connectivity index (χ0) is 84.6. The molecule has 0 aliphatic carbocycles. The molecule has 622 valence electrons. The Morgan fingerprint density at radius 2 is 1.05 bits per heavy atom. The maximum absolute atomic E-state index is 14.8. The lowest BCUT2D eigenvalue weighted by molar-refractivity contribution is -0.156. The molecule has 1 heterocycles. The van der Waals surface area contributed by atoms with Gasteiger partial charge in [0.05, 0.1) is 51.8 Å². The third-order valence-electron chi connectivity index (χ3n) is 17.3. The number of amides is 14. The van der Waals surface area contributed by atoms with Gasteiger partial charge in [0, 0.05) is 24.1 Å². The van der Waals surface area contributed by atoms with Gasteiger partial charge in [-0.2, -0.15) is 0 Å². The number of carboxylic acids is 4. The number of hydrogen-bond acceptors (Lipinski definition) is 24. The van der Waals surface area contributed by atoms with E-state index in [-0.39, 0.29) is 43.5 Å². The monoisotopic (exact) mass is 1590 g/mol. The van der Waals surface area contributed by atoms with E-state index in [0.29, 0.717) is 12.8 Å². The van der Waals surface area contributed by atoms with Crippen LogP contribution >= 0.6 is 0 Å². The van der Waals surface area contributed by atoms with Gasteiger partial charge in [0.1, 0.15) is 72.6 Å². The Morgan fingerprint density at radius 3 is 1.63 bits per heavy atom. The lowest BCUT2D eigenvalue weighted by atomic mass is 9.96. The minimum Gasteiger partial charge on any atom is -0.481 e. The van der Waals surface area contributed by atoms with E-state index in [1.165, 1.54) is 24.3 Å². The molecule has 0 spiro atoms. The number of benzene rings is 2. The number of rotatable bonds is 36. The van der Waals surface area contributed by atoms with Gasteiger partial charge in [0.25, 0.3) is 0 Å². The van der Waals surface area contributed by atoms with Gasteiger partial charge in [-0.25, -0.2) is 4.79 Å². The molecule has 24 N–H and O–H groups in total. The highest BCUT2D eigenvalue weighted by atomic mass is 16.5. The second-order valence-corrected chi connectivity index (χ2v) is 26.7. The number of esters is 1. The number of nitrogen functional groups attached to an aromatic ring is 1. The highest BCUT2D eigenvalue weighted by Gasteiger charge is 2.41. The lowest BCUT2D eigenvalue weighted by Crippen LogP contribution is -2.61. The van der Waals surface area contributed by atoms with E-state index < -0.39 is 261 Å². The zero-order valence-electron chi connectivity index (χ0n) is 62.8. The smallest absolute Gasteiger partial charge is 0.329 e. The van der Waals surface area contributed by atoms with Crippen molar-refractivity contribution in [3.63, 3.8) is 0 Å². The number of para-hydroxylation sites is 1. The average Bonchev–Trinajstić information content (AvgIpc) is 0.847. The fraction of sp³-hybridized carbons (Fsp3) is 0.549. The largest absolute Gasteiger partial charge is 0.481 e. The molecule has 1 fully saturated rings. The first kappa shape index (κ1) is 95.0. The van der Waals surface area contributed by atoms with E-state index in [4.69, 9.17) is 21.9 Å². The predicted molar refractivity (Wildman–Crippen MR) is 393 cm³/mol. The summed E-state index contributed by atoms with van der Waals surface area (Å²) in [5.41, 5.74) is 17.6. The molecule has 0 aromatic heterocycles. The molecule has 2 aromatic rings. The summed E-state index contributed by atoms with van der Waals surface area (Å²) < 4.78 is 5.67. The molecule has 0 bridgehead atoms. The number of aryl methyl sites for hydroxylation is 1. The number of nitrogens with one attached hydrogen (secondary N) is 13. The first-order valence-corrected chi connectivity index (χ1v) is 36.3. The number of aliphatic hydroxyl groups excluding tert-OH is 1. The summed E-state index contributed by atoms with van der Waals surface area (Å²) >= 11 is 0. The van der Waals surface area contributed by atoms with Crippen molar-refractivity contribution in [1.29, 1.82) is 0 Å². The van der Waals surface area contributed by atoms with E-state index in [1.807, 2.05) is 16.0 Å². The maximum Gasteiger partial charge on any atom is 0.329 e. The minimum atomic E-state index is -2.44. The summed E-state index contributed by atoms with van der Waals surface area (Å²) in [4.78, 5) is 272. The standard InChI is InChI=1S/C71H102N16O26/c1-5-6-7-8-9-10-14-23-52(91)78-43(25-24-39-18-12-11-13-19-39)64(105)82-44(29-51(74)90)66(107)84-47(32-58(100)101)67(108)87-60-38(4)113-71(112)48(28-50(89)40-20-15-16-21-41(40)73)85-70(111)59(36(2)27-55(94)95)86-68(109)49(35-88)80-54(93)33-75-62(103)45(30-56(96)97)81-61(102)37(3)77-65(106)46(31-57(98)99)83-63(104)42(22-17-26-72)79-53(92)34-76-69(60)110/h11-13,15-16,18-21,36-38,42-49,59-60,88H,5-10,14,17,22-35,72-73H2,1-4H3,(H2,74,90)(H,75,103)(H,76,110)(H,77,106)(H,78,91)(H,79,92)(H,80,93)(H,81,102)(H,82,105)(H,83,104)(H,84,107)(H,85,111)(H,86,109)(H,87,108)(H,94,95)(H,96,97)(H,98,99)(H,100,101)/t36-,37-,38-,42+,43+,44-,45+,46+,47+,48+,49-,59+,60+/m1/s1. The number of nitrogens with two attached hydrogens (primary N) is 3. The zero-order valence-corrected chi connectivity index (χ0v) is 62.8. The van der Waals surface area contributed by atoms with Crippen molar-refractivity contribution in [3.8, 4) is 0 Å². The SMILES string of the molecule is CCCCCCCCCC(=O)N[C@@H](CCc1ccccc1)C(=O)N[C@H](CC(N)=O)C(=O)N[C@@H](CC(=O)O)C(=O)N[C@@H]1C(=O)NCC(=O)N[C@@H](CCCN)C(=O)N[C@@H](CC(=O)O)C(=O)N[C@H](C)C(=O)N[C@@H](CC(=O)O)C(=O)NCC(=O)N[C@H](CO)C(=O)N[C@@H]([C@H](C)CC(=O)O)C(=O)N[C@@H](CC(=O)c2ccccc2N)C(=O)O[C@@H]1C. The Hall–Kier alpha value is -12.2. The summed E-state index contributed by atoms with van der Waals surface area (Å²) in [6.07, 6.45) is -3.42. The Balaban J connectivity index is 2.28. The van der Waals surface area contributed by atoms with Crippen molar-refractivity contribution in [2.75, 3.05) is 32.0 Å². The number of primary amides is 1. The summed E-state index contributed by atoms with van der Waals surface area (Å²) in [6.45, 7) is 1.13. The molecule has 1 saturated heterocycles. The molecule has 113 heavy (non-hydrogen) atoms. The molecule has 0 unspecified atom stereocenters. The number of ether oxygens (including phenoxy) is 1. The minimum absolute atomic E-state index is 0.00665. The van der Waals surface area contributed by atoms with E-state index in [0.717, 1.165) is 58.4 Å². The Kier molecular flexibility index (Phi) is 41.3. The van der Waals surface area contributed by atoms with Gasteiger partial charge < -0.3 is 117 Å². The highest BCUT2D eigenvalue weighted by Crippen LogP contribution is 2.19. The van der Waals surface area contributed by atoms with Crippen LogP contribution in [0.25, 0.3) is 0 Å². The van der Waals surface area contributed by atoms with Gasteiger partial charge in [0.2, 0.25) is 82.7 Å². The van der Waals surface area contributed by atoms with Crippen LogP contribution in [0.2, 0.25) is 0 Å². The Bertz CT molecular complexity index is 3730. The van der Waals surface area contributed by atoms with Gasteiger partial charge >= 0.3 is 29.8 Å². The van der Waals surface area contributed by atoms with Crippen LogP contribution in [0.1, 0.15) is 153 Å². The van der Waals surface area contributed by atoms with Crippen molar-refractivity contribution >= 4 is 124 Å². The number of carbonyl (C=O) groups is 20. The topological polar surface area (TPSA) is 686 Å². The Morgan fingerprint density at radius 1 is 0.531 bits per heavy atom. The van der Waals surface area contributed by atoms with Crippen LogP contribution in [-0.4, -0.2) is 243 Å². The molecule has 3 rings (SSSR count). The molecular formula is C71H102N16O26. The summed E-state index contributed by atoms with van der Waals surface area (Å²) in [5, 5.41) is 77.9. The molecule has 42 nitrogen and oxygen atoms in total. The summed E-state index contributed by atoms with van der Waals surface area (Å²) in [7, 11) is 0. The van der Waals surface area contributed by atoms with Crippen molar-refractivity contribution in [2.24, 2.45) is 17.4 Å². The van der Waals surface area contributed by atoms with Gasteiger partial charge in [0.15, 0.2) is 5.78 Å². The van der Waals surface area contributed by atoms with Crippen LogP contribution in [0.4, 0.5) is 5.69 Å². The first-order valence-electron chi connectivity index (χ1n) is 36.3. The van der Waals surface area contributed by atoms with Crippen LogP contribution in [0, 0.1) is 5.92 Å². The normalized spacial score (nSPS) is 21.3. The first-order chi connectivity index (χ1) is 53.4. The molecular weight excluding hydrogens is 1490 g/mol. The molecule has 14 amide bonds. The van der Waals surface area contributed by atoms with Crippen LogP contribution in [0.3, 0.4) is 0 Å². The van der Waals surface area contributed by atoms with Crippen molar-refractivity contribution in [1.82, 2.24) is 69.1 Å². The number of carboxylic acid groups (broad SMARTS) is 4. The van der Waals surface area contributed by atoms with E-state index in [9.17, 15) is 121 Å². The number of aliphatic carboxylic acids is 4. The van der Waals surface area contributed by atoms with Crippen LogP contribution in [0.5, 0.6) is 0 Å². The van der Waals surface area contributed by atoms with Crippen LogP contribution in [-0.2, 0) is 102 Å². The van der Waals surface area contributed by atoms with Crippen molar-refractivity contribution in [2.45, 2.75) is 216 Å². The number of aliphatic hydroxyl groups is 1. The van der Waals surface area contributed by atoms with Crippen LogP contribution < -0.4 is 86.3 Å². The lowest BCUT2D eigenvalue weighted by Gasteiger charge is -2.30. The summed E-state index contributed by atoms with van der Waals surface area (Å²) in [5.74, 6) is -29.6. The number of Topliss-reactive ketones (excluding diaryl/α,β-unsaturated/α-hetero) is 1.